The lowest BCUT2D eigenvalue weighted by Gasteiger charge is -2.12. The second-order valence-electron chi connectivity index (χ2n) is 5.34. The van der Waals surface area contributed by atoms with E-state index < -0.39 is 0 Å². The molecular weight excluding hydrogens is 262 g/mol. The summed E-state index contributed by atoms with van der Waals surface area (Å²) < 4.78 is 11.6. The molecule has 0 aliphatic carbocycles. The molecule has 21 heavy (non-hydrogen) atoms. The van der Waals surface area contributed by atoms with E-state index in [1.807, 2.05) is 25.1 Å². The monoisotopic (exact) mass is 285 g/mol. The van der Waals surface area contributed by atoms with Crippen LogP contribution < -0.4 is 15.2 Å². The highest BCUT2D eigenvalue weighted by Crippen LogP contribution is 2.21. The van der Waals surface area contributed by atoms with E-state index in [9.17, 15) is 0 Å². The van der Waals surface area contributed by atoms with Gasteiger partial charge >= 0.3 is 0 Å². The van der Waals surface area contributed by atoms with Gasteiger partial charge in [0.05, 0.1) is 13.2 Å². The van der Waals surface area contributed by atoms with Gasteiger partial charge in [-0.05, 0) is 49.6 Å². The van der Waals surface area contributed by atoms with Crippen LogP contribution in [0.2, 0.25) is 0 Å². The summed E-state index contributed by atoms with van der Waals surface area (Å²) in [5, 5.41) is 0. The van der Waals surface area contributed by atoms with Crippen LogP contribution in [0.1, 0.15) is 23.1 Å². The SMILES string of the molecule is Cc1ccc(C)c(OCCCOc2cc(N)ccc2C)c1. The topological polar surface area (TPSA) is 44.5 Å². The molecule has 0 heterocycles. The maximum absolute atomic E-state index is 5.80. The Kier molecular flexibility index (Phi) is 5.09. The van der Waals surface area contributed by atoms with E-state index in [0.717, 1.165) is 34.7 Å². The molecule has 2 aromatic rings. The Morgan fingerprint density at radius 1 is 0.810 bits per heavy atom. The molecule has 0 aliphatic rings. The average Bonchev–Trinajstić information content (AvgIpc) is 2.45. The largest absolute Gasteiger partial charge is 0.493 e. The van der Waals surface area contributed by atoms with Gasteiger partial charge in [0.15, 0.2) is 0 Å². The van der Waals surface area contributed by atoms with Crippen LogP contribution in [0.25, 0.3) is 0 Å². The highest BCUT2D eigenvalue weighted by molar-refractivity contribution is 5.47. The lowest BCUT2D eigenvalue weighted by atomic mass is 10.1. The Labute approximate surface area is 126 Å². The predicted octanol–water partition coefficient (Wildman–Crippen LogP) is 4.04. The molecule has 112 valence electrons. The van der Waals surface area contributed by atoms with E-state index in [2.05, 4.69) is 32.0 Å². The molecule has 2 N–H and O–H groups in total. The van der Waals surface area contributed by atoms with Gasteiger partial charge in [0.25, 0.3) is 0 Å². The highest BCUT2D eigenvalue weighted by atomic mass is 16.5. The molecule has 3 nitrogen and oxygen atoms in total. The van der Waals surface area contributed by atoms with Gasteiger partial charge in [0.2, 0.25) is 0 Å². The van der Waals surface area contributed by atoms with Gasteiger partial charge in [0, 0.05) is 18.2 Å². The van der Waals surface area contributed by atoms with E-state index >= 15 is 0 Å². The van der Waals surface area contributed by atoms with Crippen molar-refractivity contribution in [1.29, 1.82) is 0 Å². The summed E-state index contributed by atoms with van der Waals surface area (Å²) in [5.74, 6) is 1.80. The number of aryl methyl sites for hydroxylation is 3. The third kappa shape index (κ3) is 4.42. The first-order chi connectivity index (χ1) is 10.1. The fourth-order valence-electron chi connectivity index (χ4n) is 2.06. The zero-order valence-corrected chi connectivity index (χ0v) is 13.0. The Bertz CT molecular complexity index is 555. The first-order valence-electron chi connectivity index (χ1n) is 7.25. The summed E-state index contributed by atoms with van der Waals surface area (Å²) in [7, 11) is 0. The lowest BCUT2D eigenvalue weighted by molar-refractivity contribution is 0.246. The quantitative estimate of drug-likeness (QED) is 0.643. The van der Waals surface area contributed by atoms with Crippen molar-refractivity contribution in [2.45, 2.75) is 27.2 Å². The first-order valence-corrected chi connectivity index (χ1v) is 7.25. The molecule has 0 saturated heterocycles. The zero-order valence-electron chi connectivity index (χ0n) is 13.0. The van der Waals surface area contributed by atoms with Crippen molar-refractivity contribution in [2.24, 2.45) is 0 Å². The van der Waals surface area contributed by atoms with Crippen molar-refractivity contribution in [3.8, 4) is 11.5 Å². The minimum Gasteiger partial charge on any atom is -0.493 e. The lowest BCUT2D eigenvalue weighted by Crippen LogP contribution is -2.06. The maximum Gasteiger partial charge on any atom is 0.124 e. The summed E-state index contributed by atoms with van der Waals surface area (Å²) >= 11 is 0. The normalized spacial score (nSPS) is 10.4. The van der Waals surface area contributed by atoms with Gasteiger partial charge < -0.3 is 15.2 Å². The second-order valence-corrected chi connectivity index (χ2v) is 5.34. The van der Waals surface area contributed by atoms with Crippen molar-refractivity contribution < 1.29 is 9.47 Å². The number of nitrogen functional groups attached to an aromatic ring is 1. The Morgan fingerprint density at radius 3 is 2.05 bits per heavy atom. The van der Waals surface area contributed by atoms with Gasteiger partial charge in [-0.15, -0.1) is 0 Å². The number of rotatable bonds is 6. The van der Waals surface area contributed by atoms with Crippen molar-refractivity contribution in [1.82, 2.24) is 0 Å². The van der Waals surface area contributed by atoms with Gasteiger partial charge in [-0.2, -0.15) is 0 Å². The van der Waals surface area contributed by atoms with Gasteiger partial charge in [-0.3, -0.25) is 0 Å². The number of hydrogen-bond acceptors (Lipinski definition) is 3. The van der Waals surface area contributed by atoms with Crippen molar-refractivity contribution >= 4 is 5.69 Å². The number of nitrogens with two attached hydrogens (primary N) is 1. The molecule has 0 amide bonds. The summed E-state index contributed by atoms with van der Waals surface area (Å²) in [4.78, 5) is 0. The maximum atomic E-state index is 5.80. The Hall–Kier alpha value is -2.16. The Balaban J connectivity index is 1.77. The van der Waals surface area contributed by atoms with Crippen LogP contribution >= 0.6 is 0 Å². The Morgan fingerprint density at radius 2 is 1.38 bits per heavy atom. The standard InChI is InChI=1S/C18H23NO2/c1-13-5-6-14(2)17(11-13)20-9-4-10-21-18-12-16(19)8-7-15(18)3/h5-8,11-12H,4,9-10,19H2,1-3H3. The molecule has 0 aliphatic heterocycles. The van der Waals surface area contributed by atoms with Gasteiger partial charge in [0.1, 0.15) is 11.5 Å². The van der Waals surface area contributed by atoms with Crippen LogP contribution in [-0.2, 0) is 0 Å². The molecule has 3 heteroatoms. The molecule has 0 bridgehead atoms. The van der Waals surface area contributed by atoms with Gasteiger partial charge in [-0.25, -0.2) is 0 Å². The van der Waals surface area contributed by atoms with Crippen LogP contribution in [0.5, 0.6) is 11.5 Å². The minimum absolute atomic E-state index is 0.620. The summed E-state index contributed by atoms with van der Waals surface area (Å²) in [6.45, 7) is 7.40. The molecule has 0 atom stereocenters. The first kappa shape index (κ1) is 15.2. The molecular formula is C18H23NO2. The van der Waals surface area contributed by atoms with E-state index in [4.69, 9.17) is 15.2 Å². The van der Waals surface area contributed by atoms with E-state index in [1.165, 1.54) is 5.56 Å². The zero-order chi connectivity index (χ0) is 15.2. The molecule has 0 radical (unpaired) electrons. The third-order valence-corrected chi connectivity index (χ3v) is 3.36. The molecule has 0 saturated carbocycles. The van der Waals surface area contributed by atoms with E-state index in [-0.39, 0.29) is 0 Å². The molecule has 0 spiro atoms. The van der Waals surface area contributed by atoms with Crippen LogP contribution in [0.3, 0.4) is 0 Å². The summed E-state index contributed by atoms with van der Waals surface area (Å²) in [5.41, 5.74) is 9.95. The minimum atomic E-state index is 0.620. The van der Waals surface area contributed by atoms with Crippen LogP contribution in [0.15, 0.2) is 36.4 Å². The smallest absolute Gasteiger partial charge is 0.124 e. The fraction of sp³-hybridized carbons (Fsp3) is 0.333. The van der Waals surface area contributed by atoms with Crippen LogP contribution in [0.4, 0.5) is 5.69 Å². The van der Waals surface area contributed by atoms with E-state index in [1.54, 1.807) is 0 Å². The van der Waals surface area contributed by atoms with Crippen molar-refractivity contribution in [3.05, 3.63) is 53.1 Å². The summed E-state index contributed by atoms with van der Waals surface area (Å²) in [6.07, 6.45) is 0.835. The molecule has 0 unspecified atom stereocenters. The van der Waals surface area contributed by atoms with Crippen molar-refractivity contribution in [2.75, 3.05) is 18.9 Å². The second kappa shape index (κ2) is 7.02. The van der Waals surface area contributed by atoms with Crippen LogP contribution in [-0.4, -0.2) is 13.2 Å². The van der Waals surface area contributed by atoms with Gasteiger partial charge in [-0.1, -0.05) is 18.2 Å². The third-order valence-electron chi connectivity index (χ3n) is 3.36. The highest BCUT2D eigenvalue weighted by Gasteiger charge is 2.02. The molecule has 0 fully saturated rings. The molecule has 2 aromatic carbocycles. The van der Waals surface area contributed by atoms with E-state index in [0.29, 0.717) is 13.2 Å². The number of ether oxygens (including phenoxy) is 2. The van der Waals surface area contributed by atoms with Crippen LogP contribution in [0, 0.1) is 20.8 Å². The number of hydrogen-bond donors (Lipinski definition) is 1. The fourth-order valence-corrected chi connectivity index (χ4v) is 2.06. The molecule has 2 rings (SSSR count). The average molecular weight is 285 g/mol. The van der Waals surface area contributed by atoms with Crippen molar-refractivity contribution in [3.63, 3.8) is 0 Å². The molecule has 0 aromatic heterocycles. The predicted molar refractivity (Wildman–Crippen MR) is 87.1 cm³/mol. The number of anilines is 1. The summed E-state index contributed by atoms with van der Waals surface area (Å²) in [6, 6.07) is 12.0. The number of benzene rings is 2.